The summed E-state index contributed by atoms with van der Waals surface area (Å²) in [4.78, 5) is 18.0. The Balaban J connectivity index is 1.85. The van der Waals surface area contributed by atoms with Gasteiger partial charge < -0.3 is 15.2 Å². The van der Waals surface area contributed by atoms with Gasteiger partial charge >= 0.3 is 0 Å². The number of rotatable bonds is 5. The van der Waals surface area contributed by atoms with Crippen LogP contribution in [-0.4, -0.2) is 22.5 Å². The van der Waals surface area contributed by atoms with Gasteiger partial charge in [-0.15, -0.1) is 12.6 Å². The lowest BCUT2D eigenvalue weighted by Gasteiger charge is -2.19. The molecule has 0 aliphatic rings. The minimum Gasteiger partial charge on any atom is -0.393 e. The first-order valence-electron chi connectivity index (χ1n) is 9.22. The van der Waals surface area contributed by atoms with Crippen LogP contribution in [0.3, 0.4) is 0 Å². The third kappa shape index (κ3) is 4.39. The molecule has 28 heavy (non-hydrogen) atoms. The second kappa shape index (κ2) is 8.10. The normalized spacial score (nSPS) is 12.2. The number of anilines is 1. The molecule has 0 radical (unpaired) electrons. The highest BCUT2D eigenvalue weighted by molar-refractivity contribution is 7.90. The zero-order chi connectivity index (χ0) is 20.3. The number of amides is 1. The van der Waals surface area contributed by atoms with Crippen molar-refractivity contribution in [1.82, 2.24) is 14.9 Å². The molecule has 3 rings (SSSR count). The molecule has 0 bridgehead atoms. The van der Waals surface area contributed by atoms with Crippen LogP contribution in [0.15, 0.2) is 54.7 Å². The number of para-hydroxylation sites is 2. The maximum atomic E-state index is 12.7. The largest absolute Gasteiger partial charge is 0.393 e. The van der Waals surface area contributed by atoms with E-state index in [-0.39, 0.29) is 17.9 Å². The molecular weight excluding hydrogens is 368 g/mol. The van der Waals surface area contributed by atoms with Crippen molar-refractivity contribution in [2.75, 3.05) is 12.4 Å². The molecule has 2 N–H and O–H groups in total. The smallest absolute Gasteiger partial charge is 0.244 e. The van der Waals surface area contributed by atoms with E-state index in [0.717, 1.165) is 16.7 Å². The fraction of sp³-hybridized carbons (Fsp3) is 0.273. The summed E-state index contributed by atoms with van der Waals surface area (Å²) in [6.45, 7) is 6.65. The maximum absolute atomic E-state index is 12.7. The number of hydrogen-bond donors (Lipinski definition) is 3. The number of hydrogen-bond acceptors (Lipinski definition) is 4. The van der Waals surface area contributed by atoms with E-state index in [4.69, 9.17) is 0 Å². The van der Waals surface area contributed by atoms with Crippen LogP contribution in [0.4, 0.5) is 5.69 Å². The van der Waals surface area contributed by atoms with Crippen molar-refractivity contribution in [3.8, 4) is 0 Å². The molecule has 6 heteroatoms. The lowest BCUT2D eigenvalue weighted by atomic mass is 9.87. The summed E-state index contributed by atoms with van der Waals surface area (Å²) in [6, 6.07) is 15.7. The molecule has 1 aromatic heterocycles. The van der Waals surface area contributed by atoms with Crippen LogP contribution >= 0.6 is 12.6 Å². The van der Waals surface area contributed by atoms with Gasteiger partial charge in [0.1, 0.15) is 12.4 Å². The first-order chi connectivity index (χ1) is 13.3. The fourth-order valence-corrected chi connectivity index (χ4v) is 3.33. The Morgan fingerprint density at radius 1 is 1.14 bits per heavy atom. The minimum atomic E-state index is -0.112. The molecule has 0 saturated heterocycles. The van der Waals surface area contributed by atoms with E-state index in [2.05, 4.69) is 61.2 Å². The van der Waals surface area contributed by atoms with Gasteiger partial charge in [-0.2, -0.15) is 0 Å². The number of thiol groups is 1. The second-order valence-corrected chi connectivity index (χ2v) is 8.19. The molecule has 0 spiro atoms. The van der Waals surface area contributed by atoms with Crippen LogP contribution < -0.4 is 10.6 Å². The maximum Gasteiger partial charge on any atom is 0.244 e. The Morgan fingerprint density at radius 3 is 2.46 bits per heavy atom. The highest BCUT2D eigenvalue weighted by Crippen LogP contribution is 2.25. The molecule has 1 amide bonds. The standard InChI is InChI=1S/C22H26N4OS/c1-22(2,3)15-9-11-16(12-10-15)24-20(27)14-26-18-8-6-5-7-17(18)25-21(26)19(28)13-23-4/h5-13,23,28H,14H2,1-4H3,(H,24,27)/b19-13-. The van der Waals surface area contributed by atoms with Gasteiger partial charge in [-0.25, -0.2) is 4.98 Å². The third-order valence-electron chi connectivity index (χ3n) is 4.50. The number of aromatic nitrogens is 2. The molecule has 3 aromatic rings. The highest BCUT2D eigenvalue weighted by atomic mass is 32.1. The topological polar surface area (TPSA) is 59.0 Å². The van der Waals surface area contributed by atoms with Gasteiger partial charge in [-0.1, -0.05) is 45.0 Å². The van der Waals surface area contributed by atoms with Gasteiger partial charge in [0.05, 0.1) is 15.9 Å². The number of nitrogens with one attached hydrogen (secondary N) is 2. The Kier molecular flexibility index (Phi) is 5.79. The van der Waals surface area contributed by atoms with Crippen LogP contribution in [-0.2, 0) is 16.8 Å². The molecule has 0 atom stereocenters. The minimum absolute atomic E-state index is 0.0792. The number of fused-ring (bicyclic) bond motifs is 1. The van der Waals surface area contributed by atoms with Crippen molar-refractivity contribution in [2.24, 2.45) is 0 Å². The number of nitrogens with zero attached hydrogens (tertiary/aromatic N) is 2. The van der Waals surface area contributed by atoms with Crippen LogP contribution in [0.1, 0.15) is 32.2 Å². The number of carbonyl (C=O) groups is 1. The quantitative estimate of drug-likeness (QED) is 0.562. The van der Waals surface area contributed by atoms with Gasteiger partial charge in [-0.3, -0.25) is 4.79 Å². The Hall–Kier alpha value is -2.73. The summed E-state index contributed by atoms with van der Waals surface area (Å²) < 4.78 is 1.88. The molecule has 5 nitrogen and oxygen atoms in total. The molecule has 0 unspecified atom stereocenters. The molecule has 1 heterocycles. The Bertz CT molecular complexity index is 1010. The average Bonchev–Trinajstić information content (AvgIpc) is 3.00. The lowest BCUT2D eigenvalue weighted by molar-refractivity contribution is -0.116. The van der Waals surface area contributed by atoms with E-state index < -0.39 is 0 Å². The molecule has 146 valence electrons. The van der Waals surface area contributed by atoms with Gasteiger partial charge in [-0.05, 0) is 35.2 Å². The summed E-state index contributed by atoms with van der Waals surface area (Å²) in [5, 5.41) is 5.93. The predicted octanol–water partition coefficient (Wildman–Crippen LogP) is 4.42. The van der Waals surface area contributed by atoms with Crippen LogP contribution in [0.5, 0.6) is 0 Å². The molecule has 0 fully saturated rings. The SMILES string of the molecule is CN/C=C(\S)c1nc2ccccc2n1CC(=O)Nc1ccc(C(C)(C)C)cc1. The molecule has 0 aliphatic carbocycles. The molecule has 2 aromatic carbocycles. The summed E-state index contributed by atoms with van der Waals surface area (Å²) in [6.07, 6.45) is 1.75. The van der Waals surface area contributed by atoms with Crippen LogP contribution in [0.2, 0.25) is 0 Å². The molecular formula is C22H26N4OS. The second-order valence-electron chi connectivity index (χ2n) is 7.70. The summed E-state index contributed by atoms with van der Waals surface area (Å²) in [5.41, 5.74) is 3.81. The van der Waals surface area contributed by atoms with E-state index >= 15 is 0 Å². The monoisotopic (exact) mass is 394 g/mol. The predicted molar refractivity (Wildman–Crippen MR) is 120 cm³/mol. The van der Waals surface area contributed by atoms with E-state index in [0.29, 0.717) is 10.7 Å². The van der Waals surface area contributed by atoms with Gasteiger partial charge in [0, 0.05) is 18.9 Å². The highest BCUT2D eigenvalue weighted by Gasteiger charge is 2.16. The van der Waals surface area contributed by atoms with Crippen LogP contribution in [0.25, 0.3) is 15.9 Å². The van der Waals surface area contributed by atoms with Crippen LogP contribution in [0, 0.1) is 0 Å². The van der Waals surface area contributed by atoms with E-state index in [1.54, 1.807) is 13.2 Å². The van der Waals surface area contributed by atoms with E-state index in [1.165, 1.54) is 5.56 Å². The first kappa shape index (κ1) is 20.0. The summed E-state index contributed by atoms with van der Waals surface area (Å²) in [5.74, 6) is 0.538. The van der Waals surface area contributed by atoms with Crippen molar-refractivity contribution < 1.29 is 4.79 Å². The first-order valence-corrected chi connectivity index (χ1v) is 9.67. The van der Waals surface area contributed by atoms with Crippen molar-refractivity contribution in [3.63, 3.8) is 0 Å². The van der Waals surface area contributed by atoms with Gasteiger partial charge in [0.25, 0.3) is 0 Å². The Morgan fingerprint density at radius 2 is 1.82 bits per heavy atom. The zero-order valence-corrected chi connectivity index (χ0v) is 17.5. The zero-order valence-electron chi connectivity index (χ0n) is 16.7. The molecule has 0 aliphatic heterocycles. The van der Waals surface area contributed by atoms with Crippen molar-refractivity contribution in [2.45, 2.75) is 32.7 Å². The van der Waals surface area contributed by atoms with Gasteiger partial charge in [0.15, 0.2) is 0 Å². The number of carbonyl (C=O) groups excluding carboxylic acids is 1. The molecule has 0 saturated carbocycles. The Labute approximate surface area is 171 Å². The number of imidazole rings is 1. The lowest BCUT2D eigenvalue weighted by Crippen LogP contribution is -2.20. The van der Waals surface area contributed by atoms with Gasteiger partial charge in [0.2, 0.25) is 5.91 Å². The van der Waals surface area contributed by atoms with Crippen molar-refractivity contribution in [3.05, 3.63) is 66.1 Å². The van der Waals surface area contributed by atoms with Crippen molar-refractivity contribution >= 4 is 40.2 Å². The van der Waals surface area contributed by atoms with Crippen molar-refractivity contribution in [1.29, 1.82) is 0 Å². The van der Waals surface area contributed by atoms with E-state index in [9.17, 15) is 4.79 Å². The summed E-state index contributed by atoms with van der Waals surface area (Å²) in [7, 11) is 1.80. The average molecular weight is 395 g/mol. The third-order valence-corrected chi connectivity index (χ3v) is 4.83. The fourth-order valence-electron chi connectivity index (χ4n) is 3.03. The number of benzene rings is 2. The summed E-state index contributed by atoms with van der Waals surface area (Å²) >= 11 is 4.52. The van der Waals surface area contributed by atoms with E-state index in [1.807, 2.05) is 41.0 Å².